The van der Waals surface area contributed by atoms with E-state index in [0.29, 0.717) is 6.04 Å². The number of thiophene rings is 1. The van der Waals surface area contributed by atoms with Crippen LogP contribution in [0.5, 0.6) is 5.75 Å². The molecule has 0 fully saturated rings. The zero-order valence-corrected chi connectivity index (χ0v) is 12.4. The van der Waals surface area contributed by atoms with Crippen molar-refractivity contribution in [1.82, 2.24) is 5.32 Å². The largest absolute Gasteiger partial charge is 0.497 e. The van der Waals surface area contributed by atoms with Crippen molar-refractivity contribution in [2.45, 2.75) is 25.8 Å². The summed E-state index contributed by atoms with van der Waals surface area (Å²) in [5, 5.41) is 5.71. The first-order valence-corrected chi connectivity index (χ1v) is 7.54. The van der Waals surface area contributed by atoms with E-state index in [0.717, 1.165) is 25.1 Å². The van der Waals surface area contributed by atoms with Crippen molar-refractivity contribution in [3.8, 4) is 5.75 Å². The lowest BCUT2D eigenvalue weighted by Crippen LogP contribution is -2.29. The monoisotopic (exact) mass is 275 g/mol. The van der Waals surface area contributed by atoms with E-state index in [9.17, 15) is 0 Å². The second-order valence-corrected chi connectivity index (χ2v) is 5.77. The normalized spacial score (nSPS) is 12.3. The van der Waals surface area contributed by atoms with Gasteiger partial charge in [-0.1, -0.05) is 18.2 Å². The Labute approximate surface area is 119 Å². The first-order chi connectivity index (χ1) is 9.28. The van der Waals surface area contributed by atoms with Crippen molar-refractivity contribution in [3.05, 3.63) is 52.2 Å². The molecule has 2 nitrogen and oxygen atoms in total. The third-order valence-corrected chi connectivity index (χ3v) is 4.08. The fraction of sp³-hybridized carbons (Fsp3) is 0.375. The topological polar surface area (TPSA) is 21.3 Å². The lowest BCUT2D eigenvalue weighted by molar-refractivity contribution is 0.414. The molecule has 1 unspecified atom stereocenters. The number of benzene rings is 1. The Morgan fingerprint density at radius 3 is 2.63 bits per heavy atom. The third-order valence-electron chi connectivity index (χ3n) is 3.15. The van der Waals surface area contributed by atoms with E-state index in [1.807, 2.05) is 23.5 Å². The summed E-state index contributed by atoms with van der Waals surface area (Å²) >= 11 is 1.83. The Morgan fingerprint density at radius 2 is 2.00 bits per heavy atom. The van der Waals surface area contributed by atoms with Gasteiger partial charge in [0, 0.05) is 17.5 Å². The van der Waals surface area contributed by atoms with E-state index in [4.69, 9.17) is 4.74 Å². The van der Waals surface area contributed by atoms with E-state index < -0.39 is 0 Å². The van der Waals surface area contributed by atoms with Gasteiger partial charge in [-0.05, 0) is 48.9 Å². The second kappa shape index (κ2) is 7.31. The van der Waals surface area contributed by atoms with Crippen LogP contribution >= 0.6 is 11.3 Å². The van der Waals surface area contributed by atoms with Crippen molar-refractivity contribution in [3.63, 3.8) is 0 Å². The van der Waals surface area contributed by atoms with E-state index in [2.05, 4.69) is 41.9 Å². The van der Waals surface area contributed by atoms with E-state index in [1.165, 1.54) is 10.4 Å². The molecule has 0 radical (unpaired) electrons. The van der Waals surface area contributed by atoms with Gasteiger partial charge in [0.05, 0.1) is 7.11 Å². The third kappa shape index (κ3) is 4.69. The molecular weight excluding hydrogens is 254 g/mol. The zero-order chi connectivity index (χ0) is 13.5. The van der Waals surface area contributed by atoms with Gasteiger partial charge in [-0.25, -0.2) is 0 Å². The molecule has 19 heavy (non-hydrogen) atoms. The van der Waals surface area contributed by atoms with Crippen LogP contribution in [-0.4, -0.2) is 19.7 Å². The minimum atomic E-state index is 0.494. The van der Waals surface area contributed by atoms with Crippen LogP contribution in [0.15, 0.2) is 41.8 Å². The fourth-order valence-corrected chi connectivity index (χ4v) is 2.79. The summed E-state index contributed by atoms with van der Waals surface area (Å²) < 4.78 is 5.17. The van der Waals surface area contributed by atoms with Crippen LogP contribution in [0.2, 0.25) is 0 Å². The molecule has 0 aliphatic carbocycles. The van der Waals surface area contributed by atoms with Crippen molar-refractivity contribution in [2.75, 3.05) is 13.7 Å². The highest BCUT2D eigenvalue weighted by atomic mass is 32.1. The van der Waals surface area contributed by atoms with Gasteiger partial charge in [0.2, 0.25) is 0 Å². The standard InChI is InChI=1S/C16H21NOS/c1-13(17-10-9-16-4-3-11-19-16)12-14-5-7-15(18-2)8-6-14/h3-8,11,13,17H,9-10,12H2,1-2H3. The Morgan fingerprint density at radius 1 is 1.21 bits per heavy atom. The lowest BCUT2D eigenvalue weighted by atomic mass is 10.1. The molecule has 1 N–H and O–H groups in total. The average molecular weight is 275 g/mol. The van der Waals surface area contributed by atoms with Gasteiger partial charge >= 0.3 is 0 Å². The summed E-state index contributed by atoms with van der Waals surface area (Å²) in [4.78, 5) is 1.45. The van der Waals surface area contributed by atoms with Crippen LogP contribution in [-0.2, 0) is 12.8 Å². The lowest BCUT2D eigenvalue weighted by Gasteiger charge is -2.13. The molecule has 1 atom stereocenters. The highest BCUT2D eigenvalue weighted by Gasteiger charge is 2.03. The minimum absolute atomic E-state index is 0.494. The summed E-state index contributed by atoms with van der Waals surface area (Å²) in [5.74, 6) is 0.919. The number of ether oxygens (including phenoxy) is 1. The Kier molecular flexibility index (Phi) is 5.43. The van der Waals surface area contributed by atoms with Crippen molar-refractivity contribution in [2.24, 2.45) is 0 Å². The smallest absolute Gasteiger partial charge is 0.118 e. The van der Waals surface area contributed by atoms with Crippen LogP contribution in [0.1, 0.15) is 17.4 Å². The summed E-state index contributed by atoms with van der Waals surface area (Å²) in [7, 11) is 1.70. The molecular formula is C16H21NOS. The summed E-state index contributed by atoms with van der Waals surface area (Å²) in [5.41, 5.74) is 1.34. The first-order valence-electron chi connectivity index (χ1n) is 6.66. The van der Waals surface area contributed by atoms with Crippen molar-refractivity contribution < 1.29 is 4.74 Å². The van der Waals surface area contributed by atoms with Crippen LogP contribution in [0.25, 0.3) is 0 Å². The van der Waals surface area contributed by atoms with Crippen LogP contribution in [0.3, 0.4) is 0 Å². The van der Waals surface area contributed by atoms with Crippen LogP contribution < -0.4 is 10.1 Å². The summed E-state index contributed by atoms with van der Waals surface area (Å²) in [6.45, 7) is 3.27. The number of hydrogen-bond acceptors (Lipinski definition) is 3. The molecule has 0 saturated carbocycles. The molecule has 0 bridgehead atoms. The quantitative estimate of drug-likeness (QED) is 0.835. The highest BCUT2D eigenvalue weighted by Crippen LogP contribution is 2.13. The molecule has 0 spiro atoms. The molecule has 0 aliphatic heterocycles. The molecule has 102 valence electrons. The molecule has 2 aromatic rings. The first kappa shape index (κ1) is 14.1. The minimum Gasteiger partial charge on any atom is -0.497 e. The second-order valence-electron chi connectivity index (χ2n) is 4.74. The number of methoxy groups -OCH3 is 1. The maximum absolute atomic E-state index is 5.17. The van der Waals surface area contributed by atoms with Gasteiger partial charge < -0.3 is 10.1 Å². The average Bonchev–Trinajstić information content (AvgIpc) is 2.93. The van der Waals surface area contributed by atoms with Crippen molar-refractivity contribution in [1.29, 1.82) is 0 Å². The van der Waals surface area contributed by atoms with Gasteiger partial charge in [0.25, 0.3) is 0 Å². The number of rotatable bonds is 7. The van der Waals surface area contributed by atoms with Crippen LogP contribution in [0.4, 0.5) is 0 Å². The summed E-state index contributed by atoms with van der Waals surface area (Å²) in [6, 6.07) is 13.1. The summed E-state index contributed by atoms with van der Waals surface area (Å²) in [6.07, 6.45) is 2.17. The number of hydrogen-bond donors (Lipinski definition) is 1. The predicted octanol–water partition coefficient (Wildman–Crippen LogP) is 3.52. The molecule has 0 amide bonds. The maximum atomic E-state index is 5.17. The molecule has 0 saturated heterocycles. The van der Waals surface area contributed by atoms with E-state index in [-0.39, 0.29) is 0 Å². The van der Waals surface area contributed by atoms with Gasteiger partial charge in [-0.3, -0.25) is 0 Å². The molecule has 3 heteroatoms. The van der Waals surface area contributed by atoms with E-state index in [1.54, 1.807) is 7.11 Å². The van der Waals surface area contributed by atoms with Crippen LogP contribution in [0, 0.1) is 0 Å². The molecule has 0 aliphatic rings. The molecule has 1 aromatic carbocycles. The zero-order valence-electron chi connectivity index (χ0n) is 11.6. The SMILES string of the molecule is COc1ccc(CC(C)NCCc2cccs2)cc1. The maximum Gasteiger partial charge on any atom is 0.118 e. The predicted molar refractivity (Wildman–Crippen MR) is 82.2 cm³/mol. The number of nitrogens with one attached hydrogen (secondary N) is 1. The highest BCUT2D eigenvalue weighted by molar-refractivity contribution is 7.09. The Bertz CT molecular complexity index is 464. The van der Waals surface area contributed by atoms with Gasteiger partial charge in [0.1, 0.15) is 5.75 Å². The fourth-order valence-electron chi connectivity index (χ4n) is 2.08. The van der Waals surface area contributed by atoms with E-state index >= 15 is 0 Å². The van der Waals surface area contributed by atoms with Crippen molar-refractivity contribution >= 4 is 11.3 Å². The van der Waals surface area contributed by atoms with Gasteiger partial charge in [-0.15, -0.1) is 11.3 Å². The Balaban J connectivity index is 1.72. The van der Waals surface area contributed by atoms with Gasteiger partial charge in [-0.2, -0.15) is 0 Å². The molecule has 2 rings (SSSR count). The van der Waals surface area contributed by atoms with Gasteiger partial charge in [0.15, 0.2) is 0 Å². The molecule has 1 aromatic heterocycles. The Hall–Kier alpha value is -1.32. The molecule has 1 heterocycles.